The first-order valence-electron chi connectivity index (χ1n) is 2.92. The number of carbonyl (C=O) groups excluding carboxylic acids is 1. The van der Waals surface area contributed by atoms with Gasteiger partial charge in [0.25, 0.3) is 5.91 Å². The Morgan fingerprint density at radius 3 is 2.89 bits per heavy atom. The predicted molar refractivity (Wildman–Crippen MR) is 34.0 cm³/mol. The Morgan fingerprint density at radius 2 is 2.44 bits per heavy atom. The zero-order chi connectivity index (χ0) is 7.11. The lowest BCUT2D eigenvalue weighted by atomic mass is 10.3. The number of amides is 1. The Hall–Kier alpha value is -0.830. The maximum atomic E-state index is 10.2. The van der Waals surface area contributed by atoms with E-state index in [-0.39, 0.29) is 0 Å². The van der Waals surface area contributed by atoms with Crippen molar-refractivity contribution in [1.82, 2.24) is 5.48 Å². The van der Waals surface area contributed by atoms with Crippen molar-refractivity contribution in [2.75, 3.05) is 0 Å². The molecule has 0 spiro atoms. The predicted octanol–water partition coefficient (Wildman–Crippen LogP) is 0.848. The molecule has 0 aromatic heterocycles. The van der Waals surface area contributed by atoms with E-state index in [9.17, 15) is 4.79 Å². The normalized spacial score (nSPS) is 10.0. The summed E-state index contributed by atoms with van der Waals surface area (Å²) in [4.78, 5) is 10.2. The molecule has 0 aromatic rings. The fraction of sp³-hybridized carbons (Fsp3) is 0.500. The molecule has 0 unspecified atom stereocenters. The molecule has 0 aromatic carbocycles. The van der Waals surface area contributed by atoms with Crippen molar-refractivity contribution in [3.8, 4) is 0 Å². The van der Waals surface area contributed by atoms with E-state index >= 15 is 0 Å². The van der Waals surface area contributed by atoms with Crippen molar-refractivity contribution >= 4 is 5.91 Å². The zero-order valence-electron chi connectivity index (χ0n) is 5.42. The molecule has 0 aliphatic carbocycles. The van der Waals surface area contributed by atoms with Crippen LogP contribution in [0.4, 0.5) is 0 Å². The quantitative estimate of drug-likeness (QED) is 0.337. The molecule has 0 radical (unpaired) electrons. The van der Waals surface area contributed by atoms with Gasteiger partial charge in [0, 0.05) is 6.08 Å². The Kier molecular flexibility index (Phi) is 4.82. The van der Waals surface area contributed by atoms with Gasteiger partial charge in [-0.2, -0.15) is 0 Å². The Balaban J connectivity index is 3.32. The summed E-state index contributed by atoms with van der Waals surface area (Å²) in [6.45, 7) is 2.02. The lowest BCUT2D eigenvalue weighted by molar-refractivity contribution is -0.124. The van der Waals surface area contributed by atoms with Crippen molar-refractivity contribution in [2.24, 2.45) is 0 Å². The van der Waals surface area contributed by atoms with Gasteiger partial charge in [0.05, 0.1) is 0 Å². The number of nitrogens with one attached hydrogen (secondary N) is 1. The highest BCUT2D eigenvalue weighted by atomic mass is 16.5. The van der Waals surface area contributed by atoms with Gasteiger partial charge in [-0.15, -0.1) is 0 Å². The van der Waals surface area contributed by atoms with Crippen LogP contribution in [-0.4, -0.2) is 11.1 Å². The van der Waals surface area contributed by atoms with E-state index in [1.165, 1.54) is 11.6 Å². The molecular weight excluding hydrogens is 118 g/mol. The topological polar surface area (TPSA) is 49.3 Å². The Morgan fingerprint density at radius 1 is 1.78 bits per heavy atom. The number of hydrogen-bond donors (Lipinski definition) is 2. The van der Waals surface area contributed by atoms with E-state index in [1.54, 1.807) is 6.08 Å². The lowest BCUT2D eigenvalue weighted by Crippen LogP contribution is -2.14. The Labute approximate surface area is 54.3 Å². The second kappa shape index (κ2) is 5.31. The highest BCUT2D eigenvalue weighted by molar-refractivity contribution is 5.86. The summed E-state index contributed by atoms with van der Waals surface area (Å²) in [5.74, 6) is -0.469. The van der Waals surface area contributed by atoms with Crippen LogP contribution in [0, 0.1) is 0 Å². The molecule has 0 saturated carbocycles. The van der Waals surface area contributed by atoms with Gasteiger partial charge in [-0.3, -0.25) is 10.0 Å². The molecule has 52 valence electrons. The van der Waals surface area contributed by atoms with Crippen LogP contribution in [-0.2, 0) is 4.79 Å². The van der Waals surface area contributed by atoms with Crippen molar-refractivity contribution < 1.29 is 10.0 Å². The van der Waals surface area contributed by atoms with E-state index in [4.69, 9.17) is 5.21 Å². The molecule has 0 atom stereocenters. The van der Waals surface area contributed by atoms with Crippen LogP contribution in [0.1, 0.15) is 19.8 Å². The van der Waals surface area contributed by atoms with E-state index in [0.29, 0.717) is 0 Å². The number of unbranched alkanes of at least 4 members (excludes halogenated alkanes) is 1. The first kappa shape index (κ1) is 8.17. The number of rotatable bonds is 3. The summed E-state index contributed by atoms with van der Waals surface area (Å²) in [6.07, 6.45) is 4.90. The van der Waals surface area contributed by atoms with Gasteiger partial charge in [0.2, 0.25) is 0 Å². The second-order valence-corrected chi connectivity index (χ2v) is 1.67. The molecule has 9 heavy (non-hydrogen) atoms. The smallest absolute Gasteiger partial charge is 0.267 e. The van der Waals surface area contributed by atoms with Gasteiger partial charge >= 0.3 is 0 Å². The van der Waals surface area contributed by atoms with Crippen LogP contribution in [0.5, 0.6) is 0 Å². The van der Waals surface area contributed by atoms with Crippen LogP contribution < -0.4 is 5.48 Å². The van der Waals surface area contributed by atoms with Gasteiger partial charge in [-0.05, 0) is 6.42 Å². The maximum absolute atomic E-state index is 10.2. The van der Waals surface area contributed by atoms with Crippen molar-refractivity contribution in [2.45, 2.75) is 19.8 Å². The number of carbonyl (C=O) groups is 1. The first-order valence-corrected chi connectivity index (χ1v) is 2.92. The van der Waals surface area contributed by atoms with Crippen LogP contribution >= 0.6 is 0 Å². The minimum Gasteiger partial charge on any atom is -0.288 e. The van der Waals surface area contributed by atoms with E-state index < -0.39 is 5.91 Å². The third-order valence-electron chi connectivity index (χ3n) is 0.835. The molecule has 0 bridgehead atoms. The SMILES string of the molecule is CCC/C=C/C(=O)NO. The Bertz CT molecular complexity index is 110. The average Bonchev–Trinajstić information content (AvgIpc) is 1.89. The number of allylic oxidation sites excluding steroid dienone is 1. The van der Waals surface area contributed by atoms with Crippen molar-refractivity contribution in [1.29, 1.82) is 0 Å². The molecule has 0 heterocycles. The van der Waals surface area contributed by atoms with Crippen LogP contribution in [0.25, 0.3) is 0 Å². The molecule has 3 heteroatoms. The highest BCUT2D eigenvalue weighted by Gasteiger charge is 1.85. The summed E-state index contributed by atoms with van der Waals surface area (Å²) in [7, 11) is 0. The number of hydrogen-bond acceptors (Lipinski definition) is 2. The summed E-state index contributed by atoms with van der Waals surface area (Å²) in [5, 5.41) is 7.98. The zero-order valence-corrected chi connectivity index (χ0v) is 5.42. The third-order valence-corrected chi connectivity index (χ3v) is 0.835. The van der Waals surface area contributed by atoms with Gasteiger partial charge in [-0.1, -0.05) is 19.4 Å². The van der Waals surface area contributed by atoms with E-state index in [1.807, 2.05) is 6.92 Å². The fourth-order valence-electron chi connectivity index (χ4n) is 0.394. The monoisotopic (exact) mass is 129 g/mol. The average molecular weight is 129 g/mol. The maximum Gasteiger partial charge on any atom is 0.267 e. The molecule has 0 fully saturated rings. The van der Waals surface area contributed by atoms with Gasteiger partial charge in [0.15, 0.2) is 0 Å². The first-order chi connectivity index (χ1) is 4.31. The molecule has 1 amide bonds. The largest absolute Gasteiger partial charge is 0.288 e. The van der Waals surface area contributed by atoms with Crippen molar-refractivity contribution in [3.63, 3.8) is 0 Å². The van der Waals surface area contributed by atoms with Crippen LogP contribution in [0.2, 0.25) is 0 Å². The summed E-state index contributed by atoms with van der Waals surface area (Å²) < 4.78 is 0. The molecule has 0 aliphatic rings. The van der Waals surface area contributed by atoms with Crippen LogP contribution in [0.3, 0.4) is 0 Å². The van der Waals surface area contributed by atoms with Gasteiger partial charge in [-0.25, -0.2) is 5.48 Å². The van der Waals surface area contributed by atoms with Gasteiger partial charge in [0.1, 0.15) is 0 Å². The fourth-order valence-corrected chi connectivity index (χ4v) is 0.394. The molecule has 3 nitrogen and oxygen atoms in total. The lowest BCUT2D eigenvalue weighted by Gasteiger charge is -1.86. The standard InChI is InChI=1S/C6H11NO2/c1-2-3-4-5-6(8)7-9/h4-5,9H,2-3H2,1H3,(H,7,8)/b5-4+. The highest BCUT2D eigenvalue weighted by Crippen LogP contribution is 1.86. The summed E-state index contributed by atoms with van der Waals surface area (Å²) in [5.41, 5.74) is 1.50. The molecule has 0 aliphatic heterocycles. The molecule has 0 saturated heterocycles. The van der Waals surface area contributed by atoms with Gasteiger partial charge < -0.3 is 0 Å². The molecular formula is C6H11NO2. The number of hydroxylamine groups is 1. The summed E-state index contributed by atoms with van der Waals surface area (Å²) >= 11 is 0. The minimum atomic E-state index is -0.469. The second-order valence-electron chi connectivity index (χ2n) is 1.67. The van der Waals surface area contributed by atoms with E-state index in [0.717, 1.165) is 12.8 Å². The molecule has 0 rings (SSSR count). The minimum absolute atomic E-state index is 0.469. The van der Waals surface area contributed by atoms with Crippen LogP contribution in [0.15, 0.2) is 12.2 Å². The van der Waals surface area contributed by atoms with Crippen molar-refractivity contribution in [3.05, 3.63) is 12.2 Å². The molecule has 2 N–H and O–H groups in total. The summed E-state index contributed by atoms with van der Waals surface area (Å²) in [6, 6.07) is 0. The third kappa shape index (κ3) is 5.03. The van der Waals surface area contributed by atoms with E-state index in [2.05, 4.69) is 0 Å².